The number of para-hydroxylation sites is 1. The van der Waals surface area contributed by atoms with Crippen molar-refractivity contribution in [2.75, 3.05) is 0 Å². The quantitative estimate of drug-likeness (QED) is 0.602. The van der Waals surface area contributed by atoms with Gasteiger partial charge in [0.25, 0.3) is 0 Å². The van der Waals surface area contributed by atoms with E-state index in [1.54, 1.807) is 22.7 Å². The second kappa shape index (κ2) is 3.19. The number of hydrogen-bond donors (Lipinski definition) is 0. The van der Waals surface area contributed by atoms with Gasteiger partial charge in [-0.25, -0.2) is 4.98 Å². The van der Waals surface area contributed by atoms with Gasteiger partial charge in [-0.15, -0.1) is 22.7 Å². The number of rotatable bonds is 1. The Morgan fingerprint density at radius 2 is 2.07 bits per heavy atom. The first-order valence-electron chi connectivity index (χ1n) is 4.24. The molecule has 0 fully saturated rings. The van der Waals surface area contributed by atoms with Crippen LogP contribution in [0.2, 0.25) is 0 Å². The molecule has 0 spiro atoms. The second-order valence-corrected chi connectivity index (χ2v) is 4.67. The summed E-state index contributed by atoms with van der Waals surface area (Å²) in [6, 6.07) is 10.3. The molecule has 1 nitrogen and oxygen atoms in total. The first-order valence-corrected chi connectivity index (χ1v) is 5.94. The van der Waals surface area contributed by atoms with Crippen LogP contribution in [0.4, 0.5) is 0 Å². The molecule has 3 rings (SSSR count). The van der Waals surface area contributed by atoms with Crippen LogP contribution in [-0.4, -0.2) is 4.98 Å². The third-order valence-electron chi connectivity index (χ3n) is 2.00. The average Bonchev–Trinajstić information content (AvgIpc) is 2.86. The molecule has 2 heterocycles. The molecule has 0 unspecified atom stereocenters. The summed E-state index contributed by atoms with van der Waals surface area (Å²) in [6.07, 6.45) is 0. The number of hydrogen-bond acceptors (Lipinski definition) is 3. The first kappa shape index (κ1) is 8.15. The van der Waals surface area contributed by atoms with E-state index in [-0.39, 0.29) is 0 Å². The molecule has 0 bridgehead atoms. The maximum Gasteiger partial charge on any atom is 0.126 e. The van der Waals surface area contributed by atoms with Gasteiger partial charge in [0.1, 0.15) is 5.01 Å². The lowest BCUT2D eigenvalue weighted by atomic mass is 10.3. The van der Waals surface area contributed by atoms with E-state index >= 15 is 0 Å². The van der Waals surface area contributed by atoms with Crippen molar-refractivity contribution in [3.8, 4) is 10.6 Å². The maximum atomic E-state index is 4.55. The highest BCUT2D eigenvalue weighted by Crippen LogP contribution is 2.30. The van der Waals surface area contributed by atoms with E-state index in [2.05, 4.69) is 22.5 Å². The molecule has 14 heavy (non-hydrogen) atoms. The van der Waals surface area contributed by atoms with Crippen molar-refractivity contribution in [1.82, 2.24) is 4.98 Å². The van der Waals surface area contributed by atoms with Crippen LogP contribution in [0.5, 0.6) is 0 Å². The Morgan fingerprint density at radius 3 is 2.86 bits per heavy atom. The van der Waals surface area contributed by atoms with Crippen molar-refractivity contribution in [1.29, 1.82) is 0 Å². The van der Waals surface area contributed by atoms with Crippen LogP contribution in [-0.2, 0) is 0 Å². The van der Waals surface area contributed by atoms with E-state index < -0.39 is 0 Å². The molecule has 2 aromatic heterocycles. The van der Waals surface area contributed by atoms with Crippen molar-refractivity contribution in [3.63, 3.8) is 0 Å². The summed E-state index contributed by atoms with van der Waals surface area (Å²) < 4.78 is 1.24. The van der Waals surface area contributed by atoms with Crippen molar-refractivity contribution in [3.05, 3.63) is 41.1 Å². The fourth-order valence-corrected chi connectivity index (χ4v) is 2.91. The van der Waals surface area contributed by atoms with Gasteiger partial charge in [-0.2, -0.15) is 0 Å². The zero-order valence-electron chi connectivity index (χ0n) is 7.23. The SMILES string of the molecule is [c]1sccc1-c1nc2ccccc2s1. The molecule has 0 aliphatic rings. The maximum absolute atomic E-state index is 4.55. The molecule has 0 amide bonds. The smallest absolute Gasteiger partial charge is 0.126 e. The summed E-state index contributed by atoms with van der Waals surface area (Å²) in [5.74, 6) is 0. The molecular weight excluding hydrogens is 210 g/mol. The summed E-state index contributed by atoms with van der Waals surface area (Å²) in [4.78, 5) is 4.55. The predicted octanol–water partition coefficient (Wildman–Crippen LogP) is 3.82. The molecule has 67 valence electrons. The fourth-order valence-electron chi connectivity index (χ4n) is 1.34. The fraction of sp³-hybridized carbons (Fsp3) is 0. The largest absolute Gasteiger partial charge is 0.236 e. The van der Waals surface area contributed by atoms with Gasteiger partial charge in [0.05, 0.1) is 15.6 Å². The highest BCUT2D eigenvalue weighted by molar-refractivity contribution is 7.21. The van der Waals surface area contributed by atoms with Crippen LogP contribution < -0.4 is 0 Å². The Bertz CT molecular complexity index is 518. The van der Waals surface area contributed by atoms with Crippen molar-refractivity contribution >= 4 is 32.9 Å². The molecule has 0 atom stereocenters. The Kier molecular flexibility index (Phi) is 1.85. The lowest BCUT2D eigenvalue weighted by Gasteiger charge is -1.83. The molecule has 0 aliphatic carbocycles. The van der Waals surface area contributed by atoms with Crippen LogP contribution in [0.15, 0.2) is 35.7 Å². The Labute approximate surface area is 89.7 Å². The number of thiophene rings is 1. The van der Waals surface area contributed by atoms with E-state index in [9.17, 15) is 0 Å². The van der Waals surface area contributed by atoms with Crippen LogP contribution in [0, 0.1) is 5.38 Å². The summed E-state index contributed by atoms with van der Waals surface area (Å²) in [6.45, 7) is 0. The predicted molar refractivity (Wildman–Crippen MR) is 61.8 cm³/mol. The van der Waals surface area contributed by atoms with Crippen molar-refractivity contribution in [2.45, 2.75) is 0 Å². The van der Waals surface area contributed by atoms with Gasteiger partial charge in [0, 0.05) is 5.56 Å². The molecule has 3 aromatic rings. The number of thiazole rings is 1. The average molecular weight is 216 g/mol. The molecule has 1 radical (unpaired) electrons. The zero-order valence-corrected chi connectivity index (χ0v) is 8.86. The second-order valence-electron chi connectivity index (χ2n) is 2.92. The van der Waals surface area contributed by atoms with E-state index in [4.69, 9.17) is 0 Å². The minimum atomic E-state index is 1.06. The lowest BCUT2D eigenvalue weighted by Crippen LogP contribution is -1.69. The Hall–Kier alpha value is -1.19. The van der Waals surface area contributed by atoms with Gasteiger partial charge in [-0.05, 0) is 23.6 Å². The lowest BCUT2D eigenvalue weighted by molar-refractivity contribution is 1.49. The monoisotopic (exact) mass is 216 g/mol. The number of benzene rings is 1. The summed E-state index contributed by atoms with van der Waals surface area (Å²) in [5.41, 5.74) is 2.18. The third-order valence-corrected chi connectivity index (χ3v) is 3.68. The molecule has 0 aliphatic heterocycles. The van der Waals surface area contributed by atoms with E-state index in [1.807, 2.05) is 23.6 Å². The Morgan fingerprint density at radius 1 is 1.14 bits per heavy atom. The van der Waals surface area contributed by atoms with Gasteiger partial charge in [-0.3, -0.25) is 0 Å². The van der Waals surface area contributed by atoms with Gasteiger partial charge in [0.2, 0.25) is 0 Å². The van der Waals surface area contributed by atoms with Crippen molar-refractivity contribution in [2.24, 2.45) is 0 Å². The molecule has 1 aromatic carbocycles. The van der Waals surface area contributed by atoms with E-state index in [0.29, 0.717) is 0 Å². The van der Waals surface area contributed by atoms with Crippen molar-refractivity contribution < 1.29 is 0 Å². The molecule has 0 N–H and O–H groups in total. The third kappa shape index (κ3) is 1.25. The standard InChI is InChI=1S/C11H6NS2/c1-2-4-10-9(3-1)12-11(14-10)8-5-6-13-7-8/h1-6H. The minimum absolute atomic E-state index is 1.06. The highest BCUT2D eigenvalue weighted by Gasteiger charge is 2.05. The Balaban J connectivity index is 2.24. The first-order chi connectivity index (χ1) is 6.93. The molecule has 3 heteroatoms. The van der Waals surface area contributed by atoms with Crippen LogP contribution in [0.3, 0.4) is 0 Å². The molecule has 0 saturated carbocycles. The van der Waals surface area contributed by atoms with Gasteiger partial charge in [-0.1, -0.05) is 12.1 Å². The summed E-state index contributed by atoms with van der Waals surface area (Å²) >= 11 is 3.31. The van der Waals surface area contributed by atoms with E-state index in [1.165, 1.54) is 4.70 Å². The summed E-state index contributed by atoms with van der Waals surface area (Å²) in [7, 11) is 0. The summed E-state index contributed by atoms with van der Waals surface area (Å²) in [5, 5.41) is 6.30. The normalized spacial score (nSPS) is 10.9. The van der Waals surface area contributed by atoms with Gasteiger partial charge < -0.3 is 0 Å². The minimum Gasteiger partial charge on any atom is -0.236 e. The van der Waals surface area contributed by atoms with Gasteiger partial charge in [0.15, 0.2) is 0 Å². The van der Waals surface area contributed by atoms with Crippen LogP contribution in [0.1, 0.15) is 0 Å². The zero-order chi connectivity index (χ0) is 9.38. The van der Waals surface area contributed by atoms with E-state index in [0.717, 1.165) is 16.1 Å². The molecular formula is C11H6NS2. The highest BCUT2D eigenvalue weighted by atomic mass is 32.1. The topological polar surface area (TPSA) is 12.9 Å². The molecule has 0 saturated heterocycles. The number of aromatic nitrogens is 1. The number of fused-ring (bicyclic) bond motifs is 1. The van der Waals surface area contributed by atoms with Crippen LogP contribution >= 0.6 is 22.7 Å². The van der Waals surface area contributed by atoms with Gasteiger partial charge >= 0.3 is 0 Å². The number of nitrogens with zero attached hydrogens (tertiary/aromatic N) is 1. The van der Waals surface area contributed by atoms with Crippen LogP contribution in [0.25, 0.3) is 20.8 Å².